The molecule has 174 valence electrons. The van der Waals surface area contributed by atoms with Gasteiger partial charge in [-0.2, -0.15) is 0 Å². The van der Waals surface area contributed by atoms with Crippen molar-refractivity contribution in [2.24, 2.45) is 0 Å². The molecule has 0 fully saturated rings. The van der Waals surface area contributed by atoms with E-state index in [1.54, 1.807) is 24.3 Å². The molecule has 0 spiro atoms. The first-order valence-corrected chi connectivity index (χ1v) is 11.4. The van der Waals surface area contributed by atoms with Crippen LogP contribution in [0, 0.1) is 6.92 Å². The van der Waals surface area contributed by atoms with Crippen molar-refractivity contribution >= 4 is 28.8 Å². The summed E-state index contributed by atoms with van der Waals surface area (Å²) in [4.78, 5) is 28.3. The first-order valence-electron chi connectivity index (χ1n) is 11.4. The number of hydrogen-bond donors (Lipinski definition) is 1. The smallest absolute Gasteiger partial charge is 0.282 e. The van der Waals surface area contributed by atoms with Gasteiger partial charge in [-0.15, -0.1) is 0 Å². The highest BCUT2D eigenvalue weighted by Gasteiger charge is 2.40. The maximum absolute atomic E-state index is 13.6. The Morgan fingerprint density at radius 3 is 2.24 bits per heavy atom. The fourth-order valence-corrected chi connectivity index (χ4v) is 3.75. The first kappa shape index (κ1) is 23.1. The van der Waals surface area contributed by atoms with Crippen molar-refractivity contribution in [1.82, 2.24) is 0 Å². The molecule has 3 aromatic rings. The average molecular weight is 457 g/mol. The van der Waals surface area contributed by atoms with Crippen molar-refractivity contribution in [2.45, 2.75) is 27.2 Å². The Hall–Kier alpha value is -4.06. The van der Waals surface area contributed by atoms with Gasteiger partial charge in [-0.1, -0.05) is 42.8 Å². The molecule has 0 unspecified atom stereocenters. The third-order valence-corrected chi connectivity index (χ3v) is 5.41. The number of ether oxygens (including phenoxy) is 2. The monoisotopic (exact) mass is 456 g/mol. The molecule has 3 aromatic carbocycles. The number of carbonyl (C=O) groups excluding carboxylic acids is 2. The van der Waals surface area contributed by atoms with Crippen LogP contribution >= 0.6 is 0 Å². The summed E-state index contributed by atoms with van der Waals surface area (Å²) < 4.78 is 11.2. The van der Waals surface area contributed by atoms with Gasteiger partial charge in [0, 0.05) is 11.8 Å². The third-order valence-electron chi connectivity index (χ3n) is 5.41. The number of hydrogen-bond acceptors (Lipinski definition) is 5. The predicted octanol–water partition coefficient (Wildman–Crippen LogP) is 5.58. The first-order chi connectivity index (χ1) is 16.5. The lowest BCUT2D eigenvalue weighted by Gasteiger charge is -2.16. The Bertz CT molecular complexity index is 1210. The number of nitrogens with one attached hydrogen (secondary N) is 1. The Morgan fingerprint density at radius 1 is 0.824 bits per heavy atom. The van der Waals surface area contributed by atoms with Crippen molar-refractivity contribution in [3.63, 3.8) is 0 Å². The minimum Gasteiger partial charge on any atom is -0.494 e. The Balaban J connectivity index is 1.72. The van der Waals surface area contributed by atoms with Crippen LogP contribution in [0.15, 0.2) is 78.5 Å². The van der Waals surface area contributed by atoms with Gasteiger partial charge in [0.05, 0.1) is 24.5 Å². The van der Waals surface area contributed by atoms with Crippen LogP contribution in [0.5, 0.6) is 11.5 Å². The fourth-order valence-electron chi connectivity index (χ4n) is 3.75. The minimum absolute atomic E-state index is 0.232. The summed E-state index contributed by atoms with van der Waals surface area (Å²) >= 11 is 0. The number of benzene rings is 3. The lowest BCUT2D eigenvalue weighted by molar-refractivity contribution is -0.120. The largest absolute Gasteiger partial charge is 0.494 e. The van der Waals surface area contributed by atoms with Crippen LogP contribution in [-0.2, 0) is 9.59 Å². The Morgan fingerprint density at radius 2 is 1.56 bits per heavy atom. The molecule has 1 N–H and O–H groups in total. The van der Waals surface area contributed by atoms with Crippen LogP contribution in [0.1, 0.15) is 31.4 Å². The van der Waals surface area contributed by atoms with Gasteiger partial charge < -0.3 is 14.8 Å². The van der Waals surface area contributed by atoms with Crippen LogP contribution in [0.4, 0.5) is 11.4 Å². The second-order valence-electron chi connectivity index (χ2n) is 7.99. The highest BCUT2D eigenvalue weighted by molar-refractivity contribution is 6.46. The second kappa shape index (κ2) is 10.3. The number of rotatable bonds is 9. The highest BCUT2D eigenvalue weighted by atomic mass is 16.5. The summed E-state index contributed by atoms with van der Waals surface area (Å²) in [6.07, 6.45) is 0.893. The standard InChI is InChI=1S/C28H28N2O4/c1-4-17-34-24-8-6-7-21(18-24)29-26-25(20-11-9-19(3)10-12-20)27(31)30(28(26)32)22-13-15-23(16-14-22)33-5-2/h6-16,18,29H,4-5,17H2,1-3H3. The molecule has 2 amide bonds. The molecular formula is C28H28N2O4. The number of anilines is 2. The number of aryl methyl sites for hydroxylation is 1. The van der Waals surface area contributed by atoms with E-state index in [4.69, 9.17) is 9.47 Å². The SMILES string of the molecule is CCCOc1cccc(NC2=C(c3ccc(C)cc3)C(=O)N(c3ccc(OCC)cc3)C2=O)c1. The van der Waals surface area contributed by atoms with Gasteiger partial charge in [0.2, 0.25) is 0 Å². The Kier molecular flexibility index (Phi) is 6.97. The quantitative estimate of drug-likeness (QED) is 0.426. The molecular weight excluding hydrogens is 428 g/mol. The summed E-state index contributed by atoms with van der Waals surface area (Å²) in [5.41, 5.74) is 3.47. The molecule has 0 aromatic heterocycles. The van der Waals surface area contributed by atoms with Gasteiger partial charge >= 0.3 is 0 Å². The van der Waals surface area contributed by atoms with Gasteiger partial charge in [0.1, 0.15) is 17.2 Å². The summed E-state index contributed by atoms with van der Waals surface area (Å²) in [5, 5.41) is 3.20. The molecule has 1 aliphatic heterocycles. The zero-order chi connectivity index (χ0) is 24.1. The molecule has 0 saturated carbocycles. The molecule has 6 heteroatoms. The van der Waals surface area contributed by atoms with Gasteiger partial charge in [-0.05, 0) is 62.2 Å². The maximum atomic E-state index is 13.6. The number of amides is 2. The van der Waals surface area contributed by atoms with Crippen molar-refractivity contribution < 1.29 is 19.1 Å². The van der Waals surface area contributed by atoms with E-state index in [1.165, 1.54) is 4.90 Å². The number of carbonyl (C=O) groups is 2. The van der Waals surface area contributed by atoms with E-state index >= 15 is 0 Å². The second-order valence-corrected chi connectivity index (χ2v) is 7.99. The van der Waals surface area contributed by atoms with Crippen molar-refractivity contribution in [3.8, 4) is 11.5 Å². The fraction of sp³-hybridized carbons (Fsp3) is 0.214. The lowest BCUT2D eigenvalue weighted by atomic mass is 10.0. The topological polar surface area (TPSA) is 67.9 Å². The van der Waals surface area contributed by atoms with Gasteiger partial charge in [-0.25, -0.2) is 4.90 Å². The van der Waals surface area contributed by atoms with E-state index in [0.717, 1.165) is 12.0 Å². The third kappa shape index (κ3) is 4.81. The lowest BCUT2D eigenvalue weighted by Crippen LogP contribution is -2.32. The zero-order valence-electron chi connectivity index (χ0n) is 19.6. The van der Waals surface area contributed by atoms with Gasteiger partial charge in [0.15, 0.2) is 0 Å². The van der Waals surface area contributed by atoms with E-state index in [2.05, 4.69) is 5.32 Å². The van der Waals surface area contributed by atoms with Crippen molar-refractivity contribution in [1.29, 1.82) is 0 Å². The number of nitrogens with zero attached hydrogens (tertiary/aromatic N) is 1. The molecule has 0 bridgehead atoms. The van der Waals surface area contributed by atoms with Crippen LogP contribution in [0.3, 0.4) is 0 Å². The number of imide groups is 1. The molecule has 0 saturated heterocycles. The van der Waals surface area contributed by atoms with E-state index in [9.17, 15) is 9.59 Å². The van der Waals surface area contributed by atoms with Crippen LogP contribution < -0.4 is 19.7 Å². The van der Waals surface area contributed by atoms with E-state index in [0.29, 0.717) is 47.2 Å². The van der Waals surface area contributed by atoms with Crippen molar-refractivity contribution in [2.75, 3.05) is 23.4 Å². The van der Waals surface area contributed by atoms with E-state index in [1.807, 2.05) is 69.3 Å². The summed E-state index contributed by atoms with van der Waals surface area (Å²) in [6.45, 7) is 7.06. The van der Waals surface area contributed by atoms with Crippen molar-refractivity contribution in [3.05, 3.63) is 89.6 Å². The molecule has 0 atom stereocenters. The van der Waals surface area contributed by atoms with Crippen LogP contribution in [-0.4, -0.2) is 25.0 Å². The minimum atomic E-state index is -0.412. The van der Waals surface area contributed by atoms with Gasteiger partial charge in [-0.3, -0.25) is 9.59 Å². The molecule has 1 aliphatic rings. The summed E-state index contributed by atoms with van der Waals surface area (Å²) in [5.74, 6) is 0.590. The molecule has 6 nitrogen and oxygen atoms in total. The molecule has 0 radical (unpaired) electrons. The normalized spacial score (nSPS) is 13.4. The molecule has 0 aliphatic carbocycles. The van der Waals surface area contributed by atoms with Crippen LogP contribution in [0.2, 0.25) is 0 Å². The molecule has 4 rings (SSSR count). The van der Waals surface area contributed by atoms with Gasteiger partial charge in [0.25, 0.3) is 11.8 Å². The van der Waals surface area contributed by atoms with Crippen LogP contribution in [0.25, 0.3) is 5.57 Å². The molecule has 34 heavy (non-hydrogen) atoms. The van der Waals surface area contributed by atoms with E-state index in [-0.39, 0.29) is 11.6 Å². The molecule has 1 heterocycles. The maximum Gasteiger partial charge on any atom is 0.282 e. The van der Waals surface area contributed by atoms with E-state index < -0.39 is 5.91 Å². The zero-order valence-corrected chi connectivity index (χ0v) is 19.6. The summed E-state index contributed by atoms with van der Waals surface area (Å²) in [7, 11) is 0. The predicted molar refractivity (Wildman–Crippen MR) is 134 cm³/mol. The average Bonchev–Trinajstić information content (AvgIpc) is 3.08. The summed E-state index contributed by atoms with van der Waals surface area (Å²) in [6, 6.07) is 21.9. The highest BCUT2D eigenvalue weighted by Crippen LogP contribution is 2.35. The Labute approximate surface area is 199 Å².